The largest absolute Gasteiger partial charge is 0.310 e. The third-order valence-corrected chi connectivity index (χ3v) is 13.1. The van der Waals surface area contributed by atoms with E-state index in [0.29, 0.717) is 0 Å². The molecular weight excluding hydrogens is 759 g/mol. The fourth-order valence-electron chi connectivity index (χ4n) is 9.17. The van der Waals surface area contributed by atoms with Crippen LogP contribution in [-0.4, -0.2) is 9.55 Å². The molecule has 0 bridgehead atoms. The second-order valence-electron chi connectivity index (χ2n) is 15.5. The van der Waals surface area contributed by atoms with Crippen LogP contribution in [0.2, 0.25) is 0 Å². The summed E-state index contributed by atoms with van der Waals surface area (Å²) in [7, 11) is 0. The van der Waals surface area contributed by atoms with Gasteiger partial charge < -0.3 is 9.47 Å². The SMILES string of the molecule is c1ccc(-c2ccc3c(c2)c2cc(-c4ccccc4)ccc2c2sc(-c4ccc(N(c5ccccc5)c5cccc6c5c5ccccc5n6-c5ccccc5)cc4)nc32)cc1. The van der Waals surface area contributed by atoms with Crippen molar-refractivity contribution in [2.45, 2.75) is 0 Å². The van der Waals surface area contributed by atoms with E-state index in [9.17, 15) is 0 Å². The molecule has 0 fully saturated rings. The Morgan fingerprint density at radius 2 is 0.918 bits per heavy atom. The molecular formula is C57H37N3S. The molecule has 12 rings (SSSR count). The van der Waals surface area contributed by atoms with E-state index in [2.05, 4.69) is 234 Å². The first kappa shape index (κ1) is 35.2. The van der Waals surface area contributed by atoms with E-state index in [1.54, 1.807) is 11.3 Å². The van der Waals surface area contributed by atoms with Crippen LogP contribution in [0.3, 0.4) is 0 Å². The van der Waals surface area contributed by atoms with Crippen LogP contribution >= 0.6 is 11.3 Å². The van der Waals surface area contributed by atoms with Gasteiger partial charge in [0.05, 0.1) is 26.9 Å². The fraction of sp³-hybridized carbons (Fsp3) is 0. The molecule has 12 aromatic rings. The number of para-hydroxylation sites is 3. The molecule has 0 aliphatic rings. The van der Waals surface area contributed by atoms with Gasteiger partial charge in [-0.15, -0.1) is 11.3 Å². The van der Waals surface area contributed by atoms with Gasteiger partial charge in [0.15, 0.2) is 0 Å². The number of aromatic nitrogens is 2. The summed E-state index contributed by atoms with van der Waals surface area (Å²) in [4.78, 5) is 7.83. The minimum atomic E-state index is 1.01. The number of hydrogen-bond acceptors (Lipinski definition) is 3. The van der Waals surface area contributed by atoms with Crippen molar-refractivity contribution < 1.29 is 0 Å². The predicted octanol–water partition coefficient (Wildman–Crippen LogP) is 16.2. The number of benzene rings is 10. The Morgan fingerprint density at radius 1 is 0.377 bits per heavy atom. The lowest BCUT2D eigenvalue weighted by atomic mass is 9.94. The van der Waals surface area contributed by atoms with Crippen molar-refractivity contribution in [3.05, 3.63) is 224 Å². The van der Waals surface area contributed by atoms with E-state index in [-0.39, 0.29) is 0 Å². The molecule has 0 saturated carbocycles. The highest BCUT2D eigenvalue weighted by Gasteiger charge is 2.22. The first-order valence-corrected chi connectivity index (χ1v) is 21.5. The van der Waals surface area contributed by atoms with Gasteiger partial charge in [-0.05, 0) is 112 Å². The molecule has 0 radical (unpaired) electrons. The van der Waals surface area contributed by atoms with Crippen molar-refractivity contribution >= 4 is 82.0 Å². The summed E-state index contributed by atoms with van der Waals surface area (Å²) >= 11 is 1.78. The fourth-order valence-corrected chi connectivity index (χ4v) is 10.3. The van der Waals surface area contributed by atoms with Gasteiger partial charge in [-0.1, -0.05) is 146 Å². The molecule has 286 valence electrons. The zero-order valence-electron chi connectivity index (χ0n) is 33.1. The topological polar surface area (TPSA) is 21.1 Å². The summed E-state index contributed by atoms with van der Waals surface area (Å²) in [6.45, 7) is 0. The van der Waals surface area contributed by atoms with Crippen LogP contribution in [0.25, 0.3) is 92.1 Å². The highest BCUT2D eigenvalue weighted by atomic mass is 32.1. The maximum Gasteiger partial charge on any atom is 0.124 e. The quantitative estimate of drug-likeness (QED) is 0.150. The third kappa shape index (κ3) is 5.91. The first-order valence-electron chi connectivity index (χ1n) is 20.7. The van der Waals surface area contributed by atoms with Gasteiger partial charge in [-0.25, -0.2) is 4.98 Å². The lowest BCUT2D eigenvalue weighted by molar-refractivity contribution is 1.18. The molecule has 0 amide bonds. The molecule has 0 aliphatic carbocycles. The molecule has 0 saturated heterocycles. The number of nitrogens with zero attached hydrogens (tertiary/aromatic N) is 3. The van der Waals surface area contributed by atoms with E-state index in [1.165, 1.54) is 70.3 Å². The molecule has 61 heavy (non-hydrogen) atoms. The average molecular weight is 796 g/mol. The first-order chi connectivity index (χ1) is 30.3. The van der Waals surface area contributed by atoms with Crippen LogP contribution in [0.15, 0.2) is 224 Å². The normalized spacial score (nSPS) is 11.6. The van der Waals surface area contributed by atoms with Gasteiger partial charge in [0.2, 0.25) is 0 Å². The van der Waals surface area contributed by atoms with Crippen LogP contribution in [0.1, 0.15) is 0 Å². The number of thiazole rings is 1. The van der Waals surface area contributed by atoms with E-state index in [1.807, 2.05) is 0 Å². The Morgan fingerprint density at radius 3 is 1.61 bits per heavy atom. The number of fused-ring (bicyclic) bond motifs is 9. The van der Waals surface area contributed by atoms with Gasteiger partial charge in [0.25, 0.3) is 0 Å². The van der Waals surface area contributed by atoms with Crippen LogP contribution in [0.5, 0.6) is 0 Å². The lowest BCUT2D eigenvalue weighted by Crippen LogP contribution is -2.10. The molecule has 0 atom stereocenters. The van der Waals surface area contributed by atoms with E-state index < -0.39 is 0 Å². The number of anilines is 3. The maximum absolute atomic E-state index is 5.44. The van der Waals surface area contributed by atoms with Gasteiger partial charge in [-0.2, -0.15) is 0 Å². The van der Waals surface area contributed by atoms with Crippen molar-refractivity contribution in [2.75, 3.05) is 4.90 Å². The second kappa shape index (κ2) is 14.5. The zero-order chi connectivity index (χ0) is 40.3. The Bertz CT molecular complexity index is 3440. The van der Waals surface area contributed by atoms with Crippen LogP contribution < -0.4 is 4.90 Å². The summed E-state index contributed by atoms with van der Waals surface area (Å²) in [5.74, 6) is 0. The Hall–Kier alpha value is -7.79. The highest BCUT2D eigenvalue weighted by molar-refractivity contribution is 7.22. The van der Waals surface area contributed by atoms with Crippen molar-refractivity contribution in [2.24, 2.45) is 0 Å². The van der Waals surface area contributed by atoms with E-state index >= 15 is 0 Å². The molecule has 0 spiro atoms. The molecule has 10 aromatic carbocycles. The smallest absolute Gasteiger partial charge is 0.124 e. The Labute approximate surface area is 357 Å². The maximum atomic E-state index is 5.44. The summed E-state index contributed by atoms with van der Waals surface area (Å²) in [6, 6.07) is 80.9. The molecule has 4 heteroatoms. The number of hydrogen-bond donors (Lipinski definition) is 0. The average Bonchev–Trinajstić information content (AvgIpc) is 3.94. The van der Waals surface area contributed by atoms with Gasteiger partial charge in [0.1, 0.15) is 5.01 Å². The summed E-state index contributed by atoms with van der Waals surface area (Å²) < 4.78 is 3.59. The zero-order valence-corrected chi connectivity index (χ0v) is 33.9. The standard InChI is InChI=1S/C57H37N3S/c1-5-16-38(17-6-1)41-30-34-46-49(36-41)50-37-42(39-18-7-2-8-19-39)31-35-47(50)56-55(46)58-57(61-56)40-28-32-45(33-29-40)59(43-20-9-3-10-21-43)52-26-15-27-53-54(52)48-24-13-14-25-51(48)60(53)44-22-11-4-12-23-44/h1-37H. The molecule has 0 unspecified atom stereocenters. The summed E-state index contributed by atoms with van der Waals surface area (Å²) in [6.07, 6.45) is 0. The third-order valence-electron chi connectivity index (χ3n) is 12.0. The monoisotopic (exact) mass is 795 g/mol. The highest BCUT2D eigenvalue weighted by Crippen LogP contribution is 2.46. The lowest BCUT2D eigenvalue weighted by Gasteiger charge is -2.26. The van der Waals surface area contributed by atoms with Crippen molar-refractivity contribution in [1.82, 2.24) is 9.55 Å². The minimum Gasteiger partial charge on any atom is -0.310 e. The summed E-state index contributed by atoms with van der Waals surface area (Å²) in [5, 5.41) is 8.30. The number of rotatable bonds is 7. The molecule has 0 N–H and O–H groups in total. The van der Waals surface area contributed by atoms with Gasteiger partial charge in [0, 0.05) is 44.2 Å². The second-order valence-corrected chi connectivity index (χ2v) is 16.5. The van der Waals surface area contributed by atoms with Crippen LogP contribution in [-0.2, 0) is 0 Å². The van der Waals surface area contributed by atoms with Crippen LogP contribution in [0.4, 0.5) is 17.1 Å². The summed E-state index contributed by atoms with van der Waals surface area (Å²) in [5.41, 5.74) is 13.8. The Kier molecular flexibility index (Phi) is 8.36. The molecule has 2 heterocycles. The molecule has 0 aliphatic heterocycles. The molecule has 2 aromatic heterocycles. The van der Waals surface area contributed by atoms with Crippen molar-refractivity contribution in [3.63, 3.8) is 0 Å². The predicted molar refractivity (Wildman–Crippen MR) is 260 cm³/mol. The van der Waals surface area contributed by atoms with Gasteiger partial charge >= 0.3 is 0 Å². The Balaban J connectivity index is 1.01. The molecule has 3 nitrogen and oxygen atoms in total. The van der Waals surface area contributed by atoms with E-state index in [0.717, 1.165) is 38.8 Å². The van der Waals surface area contributed by atoms with Crippen molar-refractivity contribution in [3.8, 4) is 38.5 Å². The van der Waals surface area contributed by atoms with Gasteiger partial charge in [-0.3, -0.25) is 0 Å². The minimum absolute atomic E-state index is 1.01. The van der Waals surface area contributed by atoms with Crippen LogP contribution in [0, 0.1) is 0 Å². The van der Waals surface area contributed by atoms with E-state index in [4.69, 9.17) is 4.98 Å². The van der Waals surface area contributed by atoms with Crippen molar-refractivity contribution in [1.29, 1.82) is 0 Å².